The standard InChI is InChI=1S/C15H16O3Si/c1-19(15(18)14(16)17,12-8-4-2-5-9-12)13-10-6-3-7-11-13/h2-11,15,18H,1H3,(H,16,17). The Hall–Kier alpha value is -1.91. The highest BCUT2D eigenvalue weighted by Gasteiger charge is 2.43. The van der Waals surface area contributed by atoms with Crippen LogP contribution >= 0.6 is 0 Å². The summed E-state index contributed by atoms with van der Waals surface area (Å²) < 4.78 is 0. The number of hydrogen-bond donors (Lipinski definition) is 2. The van der Waals surface area contributed by atoms with Crippen LogP contribution in [-0.2, 0) is 4.79 Å². The summed E-state index contributed by atoms with van der Waals surface area (Å²) in [6.07, 6.45) is 0. The normalized spacial score (nSPS) is 12.9. The molecule has 98 valence electrons. The van der Waals surface area contributed by atoms with Gasteiger partial charge in [0.1, 0.15) is 5.73 Å². The number of benzene rings is 2. The molecule has 2 rings (SSSR count). The Morgan fingerprint density at radius 1 is 0.947 bits per heavy atom. The lowest BCUT2D eigenvalue weighted by molar-refractivity contribution is -0.142. The third-order valence-corrected chi connectivity index (χ3v) is 7.93. The van der Waals surface area contributed by atoms with Crippen molar-refractivity contribution in [3.63, 3.8) is 0 Å². The molecule has 0 amide bonds. The quantitative estimate of drug-likeness (QED) is 0.812. The first-order valence-electron chi connectivity index (χ1n) is 6.08. The molecule has 19 heavy (non-hydrogen) atoms. The van der Waals surface area contributed by atoms with E-state index in [-0.39, 0.29) is 0 Å². The van der Waals surface area contributed by atoms with E-state index < -0.39 is 19.8 Å². The fraction of sp³-hybridized carbons (Fsp3) is 0.133. The second-order valence-electron chi connectivity index (χ2n) is 4.68. The first kappa shape index (κ1) is 13.5. The second-order valence-corrected chi connectivity index (χ2v) is 8.78. The van der Waals surface area contributed by atoms with Crippen LogP contribution in [0.15, 0.2) is 60.7 Å². The number of aliphatic hydroxyl groups is 1. The van der Waals surface area contributed by atoms with Crippen molar-refractivity contribution in [1.29, 1.82) is 0 Å². The van der Waals surface area contributed by atoms with Gasteiger partial charge in [-0.15, -0.1) is 0 Å². The number of rotatable bonds is 4. The van der Waals surface area contributed by atoms with Gasteiger partial charge in [0.2, 0.25) is 0 Å². The Morgan fingerprint density at radius 3 is 1.63 bits per heavy atom. The van der Waals surface area contributed by atoms with Gasteiger partial charge in [-0.25, -0.2) is 4.79 Å². The van der Waals surface area contributed by atoms with Gasteiger partial charge >= 0.3 is 5.97 Å². The number of aliphatic carboxylic acids is 1. The monoisotopic (exact) mass is 272 g/mol. The predicted octanol–water partition coefficient (Wildman–Crippen LogP) is 0.864. The first-order chi connectivity index (χ1) is 9.06. The van der Waals surface area contributed by atoms with E-state index in [0.29, 0.717) is 0 Å². The van der Waals surface area contributed by atoms with Gasteiger partial charge in [0.25, 0.3) is 0 Å². The molecule has 2 aromatic carbocycles. The van der Waals surface area contributed by atoms with E-state index in [4.69, 9.17) is 0 Å². The maximum absolute atomic E-state index is 11.3. The molecule has 3 nitrogen and oxygen atoms in total. The largest absolute Gasteiger partial charge is 0.480 e. The lowest BCUT2D eigenvalue weighted by atomic mass is 10.4. The van der Waals surface area contributed by atoms with Crippen molar-refractivity contribution >= 4 is 24.4 Å². The van der Waals surface area contributed by atoms with Crippen LogP contribution in [0.2, 0.25) is 6.55 Å². The molecule has 0 saturated heterocycles. The van der Waals surface area contributed by atoms with Crippen molar-refractivity contribution in [3.8, 4) is 0 Å². The molecule has 0 fully saturated rings. The van der Waals surface area contributed by atoms with Gasteiger partial charge in [0.05, 0.1) is 0 Å². The van der Waals surface area contributed by atoms with Crippen LogP contribution in [0.25, 0.3) is 0 Å². The summed E-state index contributed by atoms with van der Waals surface area (Å²) in [6, 6.07) is 18.8. The second kappa shape index (κ2) is 5.38. The minimum Gasteiger partial charge on any atom is -0.480 e. The van der Waals surface area contributed by atoms with Crippen LogP contribution in [-0.4, -0.2) is 30.0 Å². The SMILES string of the molecule is C[Si](c1ccccc1)(c1ccccc1)C(O)C(=O)O. The third-order valence-electron chi connectivity index (χ3n) is 3.53. The number of hydrogen-bond acceptors (Lipinski definition) is 2. The first-order valence-corrected chi connectivity index (χ1v) is 8.66. The average Bonchev–Trinajstić information content (AvgIpc) is 2.47. The molecule has 2 N–H and O–H groups in total. The molecule has 0 radical (unpaired) electrons. The number of aliphatic hydroxyl groups excluding tert-OH is 1. The fourth-order valence-electron chi connectivity index (χ4n) is 2.30. The van der Waals surface area contributed by atoms with Crippen molar-refractivity contribution in [3.05, 3.63) is 60.7 Å². The van der Waals surface area contributed by atoms with E-state index in [0.717, 1.165) is 10.4 Å². The van der Waals surface area contributed by atoms with Crippen molar-refractivity contribution in [1.82, 2.24) is 0 Å². The summed E-state index contributed by atoms with van der Waals surface area (Å²) in [5.41, 5.74) is -1.36. The topological polar surface area (TPSA) is 57.5 Å². The maximum atomic E-state index is 11.3. The fourth-order valence-corrected chi connectivity index (χ4v) is 5.53. The molecule has 2 aromatic rings. The molecule has 0 aliphatic carbocycles. The summed E-state index contributed by atoms with van der Waals surface area (Å²) in [5, 5.41) is 21.3. The maximum Gasteiger partial charge on any atom is 0.329 e. The Labute approximate surface area is 113 Å². The van der Waals surface area contributed by atoms with Gasteiger partial charge < -0.3 is 10.2 Å². The lowest BCUT2D eigenvalue weighted by Crippen LogP contribution is -2.66. The van der Waals surface area contributed by atoms with Crippen LogP contribution in [0.4, 0.5) is 0 Å². The summed E-state index contributed by atoms with van der Waals surface area (Å²) in [4.78, 5) is 11.3. The van der Waals surface area contributed by atoms with Gasteiger partial charge in [-0.3, -0.25) is 0 Å². The van der Waals surface area contributed by atoms with E-state index in [1.807, 2.05) is 67.2 Å². The van der Waals surface area contributed by atoms with E-state index in [9.17, 15) is 15.0 Å². The van der Waals surface area contributed by atoms with Crippen LogP contribution in [0, 0.1) is 0 Å². The molecule has 1 atom stereocenters. The van der Waals surface area contributed by atoms with E-state index in [1.165, 1.54) is 0 Å². The van der Waals surface area contributed by atoms with Gasteiger partial charge in [-0.2, -0.15) is 0 Å². The summed E-state index contributed by atoms with van der Waals surface area (Å²) in [7, 11) is -2.71. The molecule has 0 spiro atoms. The van der Waals surface area contributed by atoms with Gasteiger partial charge in [0, 0.05) is 0 Å². The molecule has 0 aliphatic heterocycles. The smallest absolute Gasteiger partial charge is 0.329 e. The zero-order valence-corrected chi connectivity index (χ0v) is 11.7. The molecule has 0 heterocycles. The summed E-state index contributed by atoms with van der Waals surface area (Å²) in [5.74, 6) is -1.16. The Kier molecular flexibility index (Phi) is 3.83. The molecule has 1 unspecified atom stereocenters. The van der Waals surface area contributed by atoms with Crippen LogP contribution in [0.3, 0.4) is 0 Å². The highest BCUT2D eigenvalue weighted by Crippen LogP contribution is 2.11. The Balaban J connectivity index is 2.61. The number of carboxylic acids is 1. The zero-order chi connectivity index (χ0) is 13.9. The van der Waals surface area contributed by atoms with Crippen molar-refractivity contribution in [2.45, 2.75) is 12.3 Å². The molecule has 0 aliphatic rings. The molecular formula is C15H16O3Si. The van der Waals surface area contributed by atoms with Gasteiger partial charge in [-0.05, 0) is 0 Å². The molecule has 0 aromatic heterocycles. The van der Waals surface area contributed by atoms with Crippen LogP contribution < -0.4 is 10.4 Å². The average molecular weight is 272 g/mol. The van der Waals surface area contributed by atoms with Gasteiger partial charge in [-0.1, -0.05) is 77.6 Å². The highest BCUT2D eigenvalue weighted by molar-refractivity contribution is 7.03. The molecule has 0 bridgehead atoms. The third kappa shape index (κ3) is 2.45. The Morgan fingerprint density at radius 2 is 1.32 bits per heavy atom. The minimum atomic E-state index is -2.71. The molecular weight excluding hydrogens is 256 g/mol. The Bertz CT molecular complexity index is 515. The zero-order valence-electron chi connectivity index (χ0n) is 10.7. The van der Waals surface area contributed by atoms with E-state index >= 15 is 0 Å². The van der Waals surface area contributed by atoms with Gasteiger partial charge in [0.15, 0.2) is 8.07 Å². The number of carboxylic acid groups (broad SMARTS) is 1. The number of carbonyl (C=O) groups is 1. The minimum absolute atomic E-state index is 0.913. The van der Waals surface area contributed by atoms with Crippen LogP contribution in [0.1, 0.15) is 0 Å². The predicted molar refractivity (Wildman–Crippen MR) is 77.4 cm³/mol. The van der Waals surface area contributed by atoms with Crippen LogP contribution in [0.5, 0.6) is 0 Å². The van der Waals surface area contributed by atoms with Crippen molar-refractivity contribution in [2.75, 3.05) is 0 Å². The summed E-state index contributed by atoms with van der Waals surface area (Å²) in [6.45, 7) is 1.89. The van der Waals surface area contributed by atoms with Crippen molar-refractivity contribution < 1.29 is 15.0 Å². The highest BCUT2D eigenvalue weighted by atomic mass is 28.3. The lowest BCUT2D eigenvalue weighted by Gasteiger charge is -2.31. The van der Waals surface area contributed by atoms with E-state index in [1.54, 1.807) is 0 Å². The molecule has 4 heteroatoms. The van der Waals surface area contributed by atoms with E-state index in [2.05, 4.69) is 0 Å². The summed E-state index contributed by atoms with van der Waals surface area (Å²) >= 11 is 0. The van der Waals surface area contributed by atoms with Crippen molar-refractivity contribution in [2.24, 2.45) is 0 Å². The molecule has 0 saturated carbocycles.